The second-order valence-electron chi connectivity index (χ2n) is 9.48. The van der Waals surface area contributed by atoms with Gasteiger partial charge < -0.3 is 20.4 Å². The van der Waals surface area contributed by atoms with Crippen LogP contribution in [-0.2, 0) is 9.59 Å². The van der Waals surface area contributed by atoms with Crippen LogP contribution in [-0.4, -0.2) is 74.1 Å². The van der Waals surface area contributed by atoms with E-state index >= 15 is 0 Å². The minimum Gasteiger partial charge on any atom is -0.508 e. The monoisotopic (exact) mass is 473 g/mol. The average molecular weight is 474 g/mol. The van der Waals surface area contributed by atoms with Gasteiger partial charge in [0.1, 0.15) is 17.3 Å². The van der Waals surface area contributed by atoms with Gasteiger partial charge in [-0.1, -0.05) is 19.1 Å². The number of benzene rings is 1. The SMILES string of the molecule is CCCSCC1c2cccc(O)c2C(O)=C2C(=O)C3(O)C(O)=C(C)C(=O)C(N(C)C)C3CC21. The fraction of sp³-hybridized carbons (Fsp3) is 0.520. The van der Waals surface area contributed by atoms with Crippen LogP contribution in [0.5, 0.6) is 5.75 Å². The van der Waals surface area contributed by atoms with Crippen molar-refractivity contribution in [3.05, 3.63) is 46.2 Å². The molecule has 5 unspecified atom stereocenters. The van der Waals surface area contributed by atoms with Gasteiger partial charge in [0.05, 0.1) is 11.6 Å². The Morgan fingerprint density at radius 2 is 1.88 bits per heavy atom. The number of aromatic hydroxyl groups is 1. The van der Waals surface area contributed by atoms with Gasteiger partial charge in [0, 0.05) is 28.7 Å². The third kappa shape index (κ3) is 3.33. The molecule has 0 saturated heterocycles. The topological polar surface area (TPSA) is 118 Å². The van der Waals surface area contributed by atoms with Crippen molar-refractivity contribution in [3.63, 3.8) is 0 Å². The van der Waals surface area contributed by atoms with Crippen LogP contribution in [0.2, 0.25) is 0 Å². The first-order valence-corrected chi connectivity index (χ1v) is 12.4. The maximum absolute atomic E-state index is 13.9. The largest absolute Gasteiger partial charge is 0.508 e. The lowest BCUT2D eigenvalue weighted by atomic mass is 9.56. The van der Waals surface area contributed by atoms with Crippen LogP contribution < -0.4 is 0 Å². The van der Waals surface area contributed by atoms with E-state index < -0.39 is 35.0 Å². The zero-order valence-corrected chi connectivity index (χ0v) is 20.1. The number of ketones is 2. The van der Waals surface area contributed by atoms with E-state index in [2.05, 4.69) is 6.92 Å². The van der Waals surface area contributed by atoms with Crippen molar-refractivity contribution >= 4 is 29.1 Å². The van der Waals surface area contributed by atoms with Gasteiger partial charge in [-0.15, -0.1) is 0 Å². The number of hydrogen-bond donors (Lipinski definition) is 4. The third-order valence-corrected chi connectivity index (χ3v) is 8.69. The number of phenolic OH excluding ortho intramolecular Hbond substituents is 1. The van der Waals surface area contributed by atoms with Crippen LogP contribution in [0.15, 0.2) is 35.1 Å². The van der Waals surface area contributed by atoms with Crippen LogP contribution in [0.1, 0.15) is 43.7 Å². The molecule has 3 aliphatic rings. The van der Waals surface area contributed by atoms with Crippen molar-refractivity contribution in [1.29, 1.82) is 0 Å². The molecule has 5 atom stereocenters. The van der Waals surface area contributed by atoms with Crippen molar-refractivity contribution in [1.82, 2.24) is 4.90 Å². The summed E-state index contributed by atoms with van der Waals surface area (Å²) >= 11 is 1.73. The summed E-state index contributed by atoms with van der Waals surface area (Å²) in [5.74, 6) is -2.18. The van der Waals surface area contributed by atoms with Gasteiger partial charge in [-0.3, -0.25) is 14.5 Å². The molecule has 8 heteroatoms. The van der Waals surface area contributed by atoms with Gasteiger partial charge in [-0.05, 0) is 57.2 Å². The van der Waals surface area contributed by atoms with Crippen LogP contribution in [0.4, 0.5) is 0 Å². The van der Waals surface area contributed by atoms with Crippen LogP contribution >= 0.6 is 11.8 Å². The molecule has 4 N–H and O–H groups in total. The predicted molar refractivity (Wildman–Crippen MR) is 127 cm³/mol. The number of carbonyl (C=O) groups excluding carboxylic acids is 2. The van der Waals surface area contributed by atoms with Crippen LogP contribution in [0.25, 0.3) is 5.76 Å². The molecule has 0 bridgehead atoms. The first-order chi connectivity index (χ1) is 15.6. The Balaban J connectivity index is 1.94. The number of Topliss-reactive ketones (excluding diaryl/α,β-unsaturated/α-hetero) is 2. The summed E-state index contributed by atoms with van der Waals surface area (Å²) in [5, 5.41) is 44.2. The third-order valence-electron chi connectivity index (χ3n) is 7.40. The first kappa shape index (κ1) is 23.9. The second kappa shape index (κ2) is 8.49. The van der Waals surface area contributed by atoms with Gasteiger partial charge in [0.2, 0.25) is 5.78 Å². The van der Waals surface area contributed by atoms with Gasteiger partial charge >= 0.3 is 0 Å². The number of nitrogens with zero attached hydrogens (tertiary/aromatic N) is 1. The molecule has 33 heavy (non-hydrogen) atoms. The molecular formula is C25H31NO6S. The van der Waals surface area contributed by atoms with Gasteiger partial charge in [0.15, 0.2) is 11.4 Å². The summed E-state index contributed by atoms with van der Waals surface area (Å²) in [6.07, 6.45) is 1.22. The number of hydrogen-bond acceptors (Lipinski definition) is 8. The van der Waals surface area contributed by atoms with Gasteiger partial charge in [0.25, 0.3) is 0 Å². The quantitative estimate of drug-likeness (QED) is 0.482. The Hall–Kier alpha value is -2.29. The summed E-state index contributed by atoms with van der Waals surface area (Å²) in [6, 6.07) is 4.24. The Bertz CT molecular complexity index is 1080. The van der Waals surface area contributed by atoms with Crippen molar-refractivity contribution in [2.45, 2.75) is 44.2 Å². The first-order valence-electron chi connectivity index (χ1n) is 11.3. The molecule has 1 aromatic rings. The molecule has 3 aliphatic carbocycles. The van der Waals surface area contributed by atoms with Crippen molar-refractivity contribution in [2.24, 2.45) is 11.8 Å². The Morgan fingerprint density at radius 3 is 2.52 bits per heavy atom. The fourth-order valence-corrected chi connectivity index (χ4v) is 6.95. The molecule has 7 nitrogen and oxygen atoms in total. The molecule has 1 saturated carbocycles. The number of carbonyl (C=O) groups is 2. The fourth-order valence-electron chi connectivity index (χ4n) is 5.83. The highest BCUT2D eigenvalue weighted by Gasteiger charge is 2.63. The Labute approximate surface area is 197 Å². The molecule has 0 heterocycles. The number of thioether (sulfide) groups is 1. The molecule has 0 radical (unpaired) electrons. The van der Waals surface area contributed by atoms with Crippen molar-refractivity contribution in [2.75, 3.05) is 25.6 Å². The van der Waals surface area contributed by atoms with Crippen LogP contribution in [0, 0.1) is 11.8 Å². The van der Waals surface area contributed by atoms with E-state index in [9.17, 15) is 30.0 Å². The minimum absolute atomic E-state index is 0.0241. The highest BCUT2D eigenvalue weighted by Crippen LogP contribution is 2.56. The highest BCUT2D eigenvalue weighted by molar-refractivity contribution is 7.99. The molecule has 4 rings (SSSR count). The normalized spacial score (nSPS) is 31.6. The molecule has 0 aliphatic heterocycles. The zero-order chi connectivity index (χ0) is 24.2. The lowest BCUT2D eigenvalue weighted by Crippen LogP contribution is -2.65. The smallest absolute Gasteiger partial charge is 0.202 e. The molecule has 0 amide bonds. The van der Waals surface area contributed by atoms with E-state index in [4.69, 9.17) is 0 Å². The molecule has 1 aromatic carbocycles. The van der Waals surface area contributed by atoms with Gasteiger partial charge in [-0.25, -0.2) is 0 Å². The molecule has 0 spiro atoms. The number of phenols is 1. The predicted octanol–water partition coefficient (Wildman–Crippen LogP) is 3.18. The van der Waals surface area contributed by atoms with Crippen LogP contribution in [0.3, 0.4) is 0 Å². The van der Waals surface area contributed by atoms with E-state index in [0.717, 1.165) is 17.7 Å². The molecular weight excluding hydrogens is 442 g/mol. The summed E-state index contributed by atoms with van der Waals surface area (Å²) < 4.78 is 0. The summed E-state index contributed by atoms with van der Waals surface area (Å²) in [6.45, 7) is 3.49. The maximum atomic E-state index is 13.9. The minimum atomic E-state index is -2.31. The average Bonchev–Trinajstić information content (AvgIpc) is 2.76. The lowest BCUT2D eigenvalue weighted by Gasteiger charge is -2.51. The maximum Gasteiger partial charge on any atom is 0.202 e. The molecule has 178 valence electrons. The second-order valence-corrected chi connectivity index (χ2v) is 10.6. The lowest BCUT2D eigenvalue weighted by molar-refractivity contribution is -0.153. The van der Waals surface area contributed by atoms with Crippen molar-refractivity contribution in [3.8, 4) is 5.75 Å². The number of likely N-dealkylation sites (N-methyl/N-ethyl adjacent to an activating group) is 1. The van der Waals surface area contributed by atoms with E-state index in [1.807, 2.05) is 6.07 Å². The number of aliphatic hydroxyl groups excluding tert-OH is 2. The van der Waals surface area contributed by atoms with E-state index in [0.29, 0.717) is 5.75 Å². The summed E-state index contributed by atoms with van der Waals surface area (Å²) in [4.78, 5) is 28.6. The van der Waals surface area contributed by atoms with Crippen molar-refractivity contribution < 1.29 is 30.0 Å². The van der Waals surface area contributed by atoms with E-state index in [-0.39, 0.29) is 46.3 Å². The number of rotatable bonds is 5. The van der Waals surface area contributed by atoms with E-state index in [1.165, 1.54) is 13.0 Å². The summed E-state index contributed by atoms with van der Waals surface area (Å²) in [7, 11) is 3.43. The Kier molecular flexibility index (Phi) is 6.14. The Morgan fingerprint density at radius 1 is 1.18 bits per heavy atom. The van der Waals surface area contributed by atoms with Gasteiger partial charge in [-0.2, -0.15) is 11.8 Å². The molecule has 0 aromatic heterocycles. The number of aliphatic hydroxyl groups is 3. The van der Waals surface area contributed by atoms with E-state index in [1.54, 1.807) is 36.8 Å². The summed E-state index contributed by atoms with van der Waals surface area (Å²) in [5.41, 5.74) is -1.37. The molecule has 1 fully saturated rings. The zero-order valence-electron chi connectivity index (χ0n) is 19.3. The highest BCUT2D eigenvalue weighted by atomic mass is 32.2. The standard InChI is InChI=1S/C25H31NO6S/c1-5-9-33-11-15-13-7-6-8-17(27)18(13)22(29)19-14(15)10-16-20(26(3)4)21(28)12(2)23(30)25(16,32)24(19)31/h6-8,14-16,20,27,29-30,32H,5,9-11H2,1-4H3. The number of fused-ring (bicyclic) bond motifs is 3.